The van der Waals surface area contributed by atoms with Crippen LogP contribution < -0.4 is 0 Å². The summed E-state index contributed by atoms with van der Waals surface area (Å²) in [7, 11) is 0. The first-order valence-corrected chi connectivity index (χ1v) is 13.5. The number of rotatable bonds is 2. The first kappa shape index (κ1) is 23.1. The van der Waals surface area contributed by atoms with E-state index in [1.54, 1.807) is 0 Å². The van der Waals surface area contributed by atoms with Crippen molar-refractivity contribution in [2.75, 3.05) is 0 Å². The van der Waals surface area contributed by atoms with Gasteiger partial charge in [0.25, 0.3) is 0 Å². The molecule has 2 aliphatic carbocycles. The molecule has 38 heavy (non-hydrogen) atoms. The zero-order valence-electron chi connectivity index (χ0n) is 23.0. The van der Waals surface area contributed by atoms with E-state index in [1.807, 2.05) is 24.5 Å². The molecule has 0 atom stereocenters. The van der Waals surface area contributed by atoms with E-state index in [9.17, 15) is 0 Å². The van der Waals surface area contributed by atoms with Gasteiger partial charge in [-0.15, -0.1) is 0 Å². The minimum Gasteiger partial charge on any atom is -0.256 e. The van der Waals surface area contributed by atoms with Crippen molar-refractivity contribution in [2.45, 2.75) is 52.4 Å². The third-order valence-electron chi connectivity index (χ3n) is 8.98. The average molecular weight is 493 g/mol. The Balaban J connectivity index is 1.44. The fourth-order valence-electron chi connectivity index (χ4n) is 6.98. The van der Waals surface area contributed by atoms with E-state index < -0.39 is 0 Å². The van der Waals surface area contributed by atoms with E-state index >= 15 is 0 Å². The number of fused-ring (bicyclic) bond motifs is 6. The lowest BCUT2D eigenvalue weighted by molar-refractivity contribution is 0.652. The minimum atomic E-state index is -0.0933. The van der Waals surface area contributed by atoms with Crippen LogP contribution in [-0.4, -0.2) is 9.97 Å². The van der Waals surface area contributed by atoms with Gasteiger partial charge in [0.2, 0.25) is 0 Å². The molecule has 0 amide bonds. The van der Waals surface area contributed by atoms with E-state index in [4.69, 9.17) is 0 Å². The number of hydrogen-bond acceptors (Lipinski definition) is 2. The van der Waals surface area contributed by atoms with Crippen LogP contribution in [0.3, 0.4) is 0 Å². The second-order valence-electron chi connectivity index (χ2n) is 12.1. The molecule has 186 valence electrons. The SMILES string of the molecule is Cc1cc(-c2ccccn2)cc2c1-c1cc3c(cc1C2(C)C)-c1c(C)cc(-c2ccccn2)cc1C3(C)C. The lowest BCUT2D eigenvalue weighted by Gasteiger charge is -2.24. The van der Waals surface area contributed by atoms with Crippen molar-refractivity contribution in [3.63, 3.8) is 0 Å². The fraction of sp³-hybridized carbons (Fsp3) is 0.222. The molecule has 2 aromatic heterocycles. The Kier molecular flexibility index (Phi) is 4.70. The van der Waals surface area contributed by atoms with Crippen molar-refractivity contribution >= 4 is 0 Å². The Morgan fingerprint density at radius 1 is 0.500 bits per heavy atom. The molecule has 2 heterocycles. The Morgan fingerprint density at radius 2 is 0.921 bits per heavy atom. The van der Waals surface area contributed by atoms with Gasteiger partial charge in [0.1, 0.15) is 0 Å². The molecule has 0 spiro atoms. The lowest BCUT2D eigenvalue weighted by atomic mass is 9.79. The van der Waals surface area contributed by atoms with E-state index in [0.717, 1.165) is 11.4 Å². The fourth-order valence-corrected chi connectivity index (χ4v) is 6.98. The van der Waals surface area contributed by atoms with Gasteiger partial charge < -0.3 is 0 Å². The van der Waals surface area contributed by atoms with Crippen molar-refractivity contribution < 1.29 is 0 Å². The van der Waals surface area contributed by atoms with Gasteiger partial charge >= 0.3 is 0 Å². The quantitative estimate of drug-likeness (QED) is 0.246. The van der Waals surface area contributed by atoms with E-state index in [-0.39, 0.29) is 10.8 Å². The maximum atomic E-state index is 4.64. The molecule has 0 radical (unpaired) electrons. The van der Waals surface area contributed by atoms with E-state index in [1.165, 1.54) is 66.8 Å². The summed E-state index contributed by atoms with van der Waals surface area (Å²) in [4.78, 5) is 9.28. The van der Waals surface area contributed by atoms with Gasteiger partial charge in [-0.05, 0) is 130 Å². The molecule has 0 saturated carbocycles. The van der Waals surface area contributed by atoms with Crippen LogP contribution in [0.25, 0.3) is 44.8 Å². The molecule has 0 fully saturated rings. The summed E-state index contributed by atoms with van der Waals surface area (Å²) in [6.07, 6.45) is 3.76. The maximum Gasteiger partial charge on any atom is 0.0702 e. The highest BCUT2D eigenvalue weighted by molar-refractivity contribution is 5.93. The highest BCUT2D eigenvalue weighted by Crippen LogP contribution is 2.58. The third kappa shape index (κ3) is 3.07. The number of aryl methyl sites for hydroxylation is 2. The summed E-state index contributed by atoms with van der Waals surface area (Å²) in [5.41, 5.74) is 18.1. The number of nitrogens with zero attached hydrogens (tertiary/aromatic N) is 2. The Morgan fingerprint density at radius 3 is 1.29 bits per heavy atom. The van der Waals surface area contributed by atoms with Crippen molar-refractivity contribution in [3.8, 4) is 44.8 Å². The van der Waals surface area contributed by atoms with Gasteiger partial charge in [-0.1, -0.05) is 39.8 Å². The zero-order chi connectivity index (χ0) is 26.4. The van der Waals surface area contributed by atoms with Crippen LogP contribution in [0, 0.1) is 13.8 Å². The van der Waals surface area contributed by atoms with Crippen LogP contribution in [0.5, 0.6) is 0 Å². The van der Waals surface area contributed by atoms with Crippen LogP contribution >= 0.6 is 0 Å². The summed E-state index contributed by atoms with van der Waals surface area (Å²) < 4.78 is 0. The summed E-state index contributed by atoms with van der Waals surface area (Å²) in [6.45, 7) is 14.0. The smallest absolute Gasteiger partial charge is 0.0702 e. The van der Waals surface area contributed by atoms with Crippen LogP contribution in [0.15, 0.2) is 85.2 Å². The van der Waals surface area contributed by atoms with Crippen molar-refractivity contribution in [3.05, 3.63) is 119 Å². The normalized spacial score (nSPS) is 15.5. The van der Waals surface area contributed by atoms with Gasteiger partial charge in [0.05, 0.1) is 11.4 Å². The molecule has 2 heteroatoms. The standard InChI is InChI=1S/C36H32N2/c1-21-15-23(31-11-7-9-13-37-31)17-29-33(21)25-19-28-26(20-27(25)35(29,3)4)34-22(2)16-24(18-30(34)36(28,5)6)32-12-8-10-14-38-32/h7-20H,1-6H3. The Hall–Kier alpha value is -4.04. The highest BCUT2D eigenvalue weighted by atomic mass is 14.7. The molecular formula is C36H32N2. The van der Waals surface area contributed by atoms with Crippen molar-refractivity contribution in [2.24, 2.45) is 0 Å². The minimum absolute atomic E-state index is 0.0933. The average Bonchev–Trinajstić information content (AvgIpc) is 3.28. The summed E-state index contributed by atoms with van der Waals surface area (Å²) in [6, 6.07) is 26.7. The predicted molar refractivity (Wildman–Crippen MR) is 158 cm³/mol. The molecule has 0 bridgehead atoms. The van der Waals surface area contributed by atoms with Gasteiger partial charge in [0.15, 0.2) is 0 Å². The van der Waals surface area contributed by atoms with E-state index in [2.05, 4.69) is 112 Å². The monoisotopic (exact) mass is 492 g/mol. The third-order valence-corrected chi connectivity index (χ3v) is 8.98. The molecule has 0 unspecified atom stereocenters. The number of aromatic nitrogens is 2. The molecule has 7 rings (SSSR count). The Labute approximate surface area is 225 Å². The van der Waals surface area contributed by atoms with E-state index in [0.29, 0.717) is 0 Å². The lowest BCUT2D eigenvalue weighted by Crippen LogP contribution is -2.17. The van der Waals surface area contributed by atoms with Crippen molar-refractivity contribution in [1.82, 2.24) is 9.97 Å². The van der Waals surface area contributed by atoms with Crippen LogP contribution in [0.2, 0.25) is 0 Å². The second-order valence-corrected chi connectivity index (χ2v) is 12.1. The molecule has 5 aromatic rings. The molecular weight excluding hydrogens is 460 g/mol. The number of pyridine rings is 2. The summed E-state index contributed by atoms with van der Waals surface area (Å²) >= 11 is 0. The predicted octanol–water partition coefficient (Wildman–Crippen LogP) is 9.04. The van der Waals surface area contributed by atoms with Gasteiger partial charge in [-0.25, -0.2) is 0 Å². The highest BCUT2D eigenvalue weighted by Gasteiger charge is 2.43. The summed E-state index contributed by atoms with van der Waals surface area (Å²) in [5.74, 6) is 0. The summed E-state index contributed by atoms with van der Waals surface area (Å²) in [5, 5.41) is 0. The molecule has 0 N–H and O–H groups in total. The zero-order valence-corrected chi connectivity index (χ0v) is 23.0. The second kappa shape index (κ2) is 7.74. The molecule has 0 saturated heterocycles. The Bertz CT molecular complexity index is 1630. The van der Waals surface area contributed by atoms with Crippen LogP contribution in [0.1, 0.15) is 61.1 Å². The van der Waals surface area contributed by atoms with Gasteiger partial charge in [0, 0.05) is 34.4 Å². The first-order chi connectivity index (χ1) is 18.2. The van der Waals surface area contributed by atoms with Gasteiger partial charge in [-0.2, -0.15) is 0 Å². The maximum absolute atomic E-state index is 4.64. The molecule has 2 aliphatic rings. The first-order valence-electron chi connectivity index (χ1n) is 13.5. The van der Waals surface area contributed by atoms with Crippen LogP contribution in [0.4, 0.5) is 0 Å². The molecule has 0 aliphatic heterocycles. The molecule has 3 aromatic carbocycles. The topological polar surface area (TPSA) is 25.8 Å². The number of hydrogen-bond donors (Lipinski definition) is 0. The van der Waals surface area contributed by atoms with Gasteiger partial charge in [-0.3, -0.25) is 9.97 Å². The number of benzene rings is 3. The largest absolute Gasteiger partial charge is 0.256 e. The van der Waals surface area contributed by atoms with Crippen molar-refractivity contribution in [1.29, 1.82) is 0 Å². The molecule has 2 nitrogen and oxygen atoms in total. The van der Waals surface area contributed by atoms with Crippen LogP contribution in [-0.2, 0) is 10.8 Å².